The quantitative estimate of drug-likeness (QED) is 0.411. The van der Waals surface area contributed by atoms with Gasteiger partial charge in [-0.1, -0.05) is 25.8 Å². The van der Waals surface area contributed by atoms with Gasteiger partial charge in [0.1, 0.15) is 11.9 Å². The van der Waals surface area contributed by atoms with Gasteiger partial charge in [-0.3, -0.25) is 4.55 Å². The molecular formula is C12H21NO5S. The summed E-state index contributed by atoms with van der Waals surface area (Å²) in [5.74, 6) is -1.30. The highest BCUT2D eigenvalue weighted by molar-refractivity contribution is 7.85. The Kier molecular flexibility index (Phi) is 6.47. The molecule has 0 aromatic rings. The zero-order valence-electron chi connectivity index (χ0n) is 10.9. The van der Waals surface area contributed by atoms with Gasteiger partial charge in [0.05, 0.1) is 0 Å². The predicted molar refractivity (Wildman–Crippen MR) is 71.4 cm³/mol. The lowest BCUT2D eigenvalue weighted by atomic mass is 9.95. The average molecular weight is 291 g/mol. The van der Waals surface area contributed by atoms with Gasteiger partial charge in [0.2, 0.25) is 0 Å². The zero-order chi connectivity index (χ0) is 14.3. The number of carbonyl (C=O) groups is 1. The summed E-state index contributed by atoms with van der Waals surface area (Å²) in [6.07, 6.45) is 5.65. The second-order valence-corrected chi connectivity index (χ2v) is 6.25. The molecule has 7 heteroatoms. The maximum atomic E-state index is 11.1. The third-order valence-corrected chi connectivity index (χ3v) is 3.88. The van der Waals surface area contributed by atoms with Gasteiger partial charge in [0.25, 0.3) is 10.1 Å². The van der Waals surface area contributed by atoms with Crippen molar-refractivity contribution in [3.8, 4) is 0 Å². The number of rotatable bonds is 7. The minimum absolute atomic E-state index is 0.212. The van der Waals surface area contributed by atoms with Crippen molar-refractivity contribution in [2.75, 3.05) is 12.3 Å². The van der Waals surface area contributed by atoms with Gasteiger partial charge < -0.3 is 10.1 Å². The van der Waals surface area contributed by atoms with Gasteiger partial charge in [-0.25, -0.2) is 4.79 Å². The van der Waals surface area contributed by atoms with Crippen molar-refractivity contribution >= 4 is 16.1 Å². The number of ether oxygens (including phenoxy) is 1. The fourth-order valence-corrected chi connectivity index (χ4v) is 2.84. The molecule has 0 amide bonds. The highest BCUT2D eigenvalue weighted by Crippen LogP contribution is 2.17. The highest BCUT2D eigenvalue weighted by atomic mass is 32.2. The van der Waals surface area contributed by atoms with E-state index >= 15 is 0 Å². The largest absolute Gasteiger partial charge is 0.457 e. The fourth-order valence-electron chi connectivity index (χ4n) is 2.19. The summed E-state index contributed by atoms with van der Waals surface area (Å²) < 4.78 is 35.5. The van der Waals surface area contributed by atoms with E-state index in [1.165, 1.54) is 6.42 Å². The molecule has 110 valence electrons. The first-order valence-electron chi connectivity index (χ1n) is 6.42. The molecule has 0 radical (unpaired) electrons. The topological polar surface area (TPSA) is 92.7 Å². The monoisotopic (exact) mass is 291 g/mol. The summed E-state index contributed by atoms with van der Waals surface area (Å²) in [6, 6.07) is 0.320. The molecular weight excluding hydrogens is 270 g/mol. The lowest BCUT2D eigenvalue weighted by molar-refractivity contribution is -0.141. The molecule has 0 aliphatic heterocycles. The number of esters is 1. The molecule has 1 aliphatic carbocycles. The summed E-state index contributed by atoms with van der Waals surface area (Å²) >= 11 is 0. The van der Waals surface area contributed by atoms with Gasteiger partial charge >= 0.3 is 5.97 Å². The first-order valence-corrected chi connectivity index (χ1v) is 8.03. The Balaban J connectivity index is 2.47. The van der Waals surface area contributed by atoms with Crippen LogP contribution >= 0.6 is 0 Å². The molecule has 1 rings (SSSR count). The molecule has 1 atom stereocenters. The Morgan fingerprint density at radius 3 is 2.58 bits per heavy atom. The van der Waals surface area contributed by atoms with Crippen LogP contribution < -0.4 is 5.32 Å². The number of carbonyl (C=O) groups excluding carboxylic acids is 1. The lowest BCUT2D eigenvalue weighted by Gasteiger charge is -2.25. The Hall–Kier alpha value is -0.920. The number of hydrogen-bond donors (Lipinski definition) is 2. The molecule has 1 aliphatic rings. The van der Waals surface area contributed by atoms with E-state index in [0.29, 0.717) is 6.04 Å². The highest BCUT2D eigenvalue weighted by Gasteiger charge is 2.22. The van der Waals surface area contributed by atoms with E-state index in [4.69, 9.17) is 9.29 Å². The number of nitrogens with one attached hydrogen (secondary N) is 1. The molecule has 1 saturated carbocycles. The van der Waals surface area contributed by atoms with Crippen LogP contribution in [0.3, 0.4) is 0 Å². The van der Waals surface area contributed by atoms with E-state index in [-0.39, 0.29) is 6.54 Å². The van der Waals surface area contributed by atoms with E-state index in [1.807, 2.05) is 0 Å². The van der Waals surface area contributed by atoms with Gasteiger partial charge in [-0.05, 0) is 12.8 Å². The summed E-state index contributed by atoms with van der Waals surface area (Å²) in [4.78, 5) is 11.1. The van der Waals surface area contributed by atoms with Crippen LogP contribution in [0, 0.1) is 0 Å². The molecule has 0 aromatic carbocycles. The van der Waals surface area contributed by atoms with Crippen molar-refractivity contribution in [2.24, 2.45) is 0 Å². The minimum Gasteiger partial charge on any atom is -0.457 e. The maximum Gasteiger partial charge on any atom is 0.330 e. The second kappa shape index (κ2) is 7.62. The Morgan fingerprint density at radius 1 is 1.42 bits per heavy atom. The normalized spacial score (nSPS) is 18.8. The van der Waals surface area contributed by atoms with Crippen LogP contribution in [0.15, 0.2) is 12.7 Å². The molecule has 2 N–H and O–H groups in total. The van der Waals surface area contributed by atoms with Gasteiger partial charge in [0, 0.05) is 18.7 Å². The lowest BCUT2D eigenvalue weighted by Crippen LogP contribution is -2.41. The number of hydrogen-bond acceptors (Lipinski definition) is 5. The standard InChI is InChI=1S/C12H21NO5S/c1-2-12(14)18-11(9-19(15,16)17)8-13-10-6-4-3-5-7-10/h2,10-11,13H,1,3-9H2,(H,15,16,17). The summed E-state index contributed by atoms with van der Waals surface area (Å²) in [5, 5.41) is 3.19. The molecule has 19 heavy (non-hydrogen) atoms. The van der Waals surface area contributed by atoms with Crippen molar-refractivity contribution in [2.45, 2.75) is 44.2 Å². The van der Waals surface area contributed by atoms with Crippen molar-refractivity contribution < 1.29 is 22.5 Å². The van der Waals surface area contributed by atoms with E-state index in [0.717, 1.165) is 31.8 Å². The van der Waals surface area contributed by atoms with E-state index in [2.05, 4.69) is 11.9 Å². The predicted octanol–water partition coefficient (Wildman–Crippen LogP) is 0.894. The molecule has 0 heterocycles. The van der Waals surface area contributed by atoms with Crippen LogP contribution in [0.4, 0.5) is 0 Å². The molecule has 0 bridgehead atoms. The first kappa shape index (κ1) is 16.1. The molecule has 1 unspecified atom stereocenters. The SMILES string of the molecule is C=CC(=O)OC(CNC1CCCCC1)CS(=O)(=O)O. The average Bonchev–Trinajstić information content (AvgIpc) is 2.35. The zero-order valence-corrected chi connectivity index (χ0v) is 11.7. The summed E-state index contributed by atoms with van der Waals surface area (Å²) in [6.45, 7) is 3.47. The molecule has 6 nitrogen and oxygen atoms in total. The Bertz CT molecular complexity index is 400. The van der Waals surface area contributed by atoms with Crippen molar-refractivity contribution in [1.82, 2.24) is 5.32 Å². The van der Waals surface area contributed by atoms with Gasteiger partial charge in [-0.2, -0.15) is 8.42 Å². The van der Waals surface area contributed by atoms with Gasteiger partial charge in [-0.15, -0.1) is 0 Å². The van der Waals surface area contributed by atoms with Crippen molar-refractivity contribution in [1.29, 1.82) is 0 Å². The van der Waals surface area contributed by atoms with Crippen molar-refractivity contribution in [3.05, 3.63) is 12.7 Å². The molecule has 1 fully saturated rings. The second-order valence-electron chi connectivity index (χ2n) is 4.75. The third-order valence-electron chi connectivity index (χ3n) is 3.09. The Labute approximate surface area is 114 Å². The van der Waals surface area contributed by atoms with Crippen LogP contribution in [-0.2, 0) is 19.6 Å². The maximum absolute atomic E-state index is 11.1. The smallest absolute Gasteiger partial charge is 0.330 e. The van der Waals surface area contributed by atoms with Crippen LogP contribution in [0.25, 0.3) is 0 Å². The third kappa shape index (κ3) is 7.29. The molecule has 0 spiro atoms. The summed E-state index contributed by atoms with van der Waals surface area (Å²) in [7, 11) is -4.18. The minimum atomic E-state index is -4.18. The van der Waals surface area contributed by atoms with Gasteiger partial charge in [0.15, 0.2) is 0 Å². The fraction of sp³-hybridized carbons (Fsp3) is 0.750. The van der Waals surface area contributed by atoms with E-state index in [9.17, 15) is 13.2 Å². The Morgan fingerprint density at radius 2 is 2.05 bits per heavy atom. The first-order chi connectivity index (χ1) is 8.90. The summed E-state index contributed by atoms with van der Waals surface area (Å²) in [5.41, 5.74) is 0. The van der Waals surface area contributed by atoms with Crippen LogP contribution in [0.2, 0.25) is 0 Å². The van der Waals surface area contributed by atoms with E-state index in [1.54, 1.807) is 0 Å². The van der Waals surface area contributed by atoms with E-state index < -0.39 is 27.9 Å². The van der Waals surface area contributed by atoms with Crippen molar-refractivity contribution in [3.63, 3.8) is 0 Å². The molecule has 0 saturated heterocycles. The van der Waals surface area contributed by atoms with Crippen LogP contribution in [0.1, 0.15) is 32.1 Å². The van der Waals surface area contributed by atoms with Crippen LogP contribution in [-0.4, -0.2) is 43.4 Å². The molecule has 0 aromatic heterocycles. The van der Waals surface area contributed by atoms with Crippen LogP contribution in [0.5, 0.6) is 0 Å².